The molecular formula is C10H16O. The fourth-order valence-corrected chi connectivity index (χ4v) is 1.08. The molecular weight excluding hydrogens is 136 g/mol. The van der Waals surface area contributed by atoms with Crippen LogP contribution in [0.25, 0.3) is 0 Å². The first-order valence-corrected chi connectivity index (χ1v) is 4.29. The molecule has 0 spiro atoms. The standard InChI is InChI=1S/C10H16O/c1-4-8(2)10-7-5-6-9(3)11-10/h5-9H,4H2,1-3H3/t8-,9?/m0/s1. The lowest BCUT2D eigenvalue weighted by Crippen LogP contribution is -2.12. The molecule has 62 valence electrons. The summed E-state index contributed by atoms with van der Waals surface area (Å²) < 4.78 is 5.61. The molecule has 1 nitrogen and oxygen atoms in total. The second kappa shape index (κ2) is 3.61. The van der Waals surface area contributed by atoms with Crippen molar-refractivity contribution in [2.24, 2.45) is 5.92 Å². The second-order valence-corrected chi connectivity index (χ2v) is 3.09. The largest absolute Gasteiger partial charge is 0.491 e. The molecule has 0 aromatic heterocycles. The van der Waals surface area contributed by atoms with E-state index in [1.54, 1.807) is 0 Å². The molecule has 11 heavy (non-hydrogen) atoms. The van der Waals surface area contributed by atoms with Crippen molar-refractivity contribution in [2.75, 3.05) is 0 Å². The summed E-state index contributed by atoms with van der Waals surface area (Å²) in [6, 6.07) is 0. The molecule has 1 unspecified atom stereocenters. The minimum Gasteiger partial charge on any atom is -0.491 e. The average Bonchev–Trinajstić information content (AvgIpc) is 2.03. The molecule has 0 N–H and O–H groups in total. The maximum absolute atomic E-state index is 5.61. The van der Waals surface area contributed by atoms with Crippen molar-refractivity contribution in [3.05, 3.63) is 24.0 Å². The molecule has 1 aliphatic rings. The normalized spacial score (nSPS) is 25.7. The fourth-order valence-electron chi connectivity index (χ4n) is 1.08. The summed E-state index contributed by atoms with van der Waals surface area (Å²) in [5, 5.41) is 0. The molecule has 1 aliphatic heterocycles. The van der Waals surface area contributed by atoms with Crippen molar-refractivity contribution in [1.82, 2.24) is 0 Å². The van der Waals surface area contributed by atoms with Crippen molar-refractivity contribution < 1.29 is 4.74 Å². The quantitative estimate of drug-likeness (QED) is 0.591. The van der Waals surface area contributed by atoms with Gasteiger partial charge in [0.05, 0.1) is 5.76 Å². The first kappa shape index (κ1) is 8.38. The maximum atomic E-state index is 5.61. The van der Waals surface area contributed by atoms with Crippen LogP contribution in [-0.2, 0) is 4.74 Å². The Labute approximate surface area is 68.8 Å². The summed E-state index contributed by atoms with van der Waals surface area (Å²) >= 11 is 0. The first-order valence-electron chi connectivity index (χ1n) is 4.29. The van der Waals surface area contributed by atoms with Crippen molar-refractivity contribution in [3.63, 3.8) is 0 Å². The van der Waals surface area contributed by atoms with Crippen LogP contribution in [0.2, 0.25) is 0 Å². The van der Waals surface area contributed by atoms with E-state index < -0.39 is 0 Å². The summed E-state index contributed by atoms with van der Waals surface area (Å²) in [5.74, 6) is 1.69. The van der Waals surface area contributed by atoms with Gasteiger partial charge in [-0.15, -0.1) is 0 Å². The van der Waals surface area contributed by atoms with Crippen LogP contribution in [0.15, 0.2) is 24.0 Å². The van der Waals surface area contributed by atoms with E-state index in [2.05, 4.69) is 39.0 Å². The highest BCUT2D eigenvalue weighted by molar-refractivity contribution is 5.15. The number of rotatable bonds is 2. The zero-order chi connectivity index (χ0) is 8.27. The Morgan fingerprint density at radius 3 is 2.91 bits per heavy atom. The summed E-state index contributed by atoms with van der Waals surface area (Å²) in [5.41, 5.74) is 0. The van der Waals surface area contributed by atoms with E-state index in [-0.39, 0.29) is 6.10 Å². The molecule has 2 atom stereocenters. The highest BCUT2D eigenvalue weighted by atomic mass is 16.5. The molecule has 0 saturated heterocycles. The Bertz CT molecular complexity index is 179. The topological polar surface area (TPSA) is 9.23 Å². The lowest BCUT2D eigenvalue weighted by atomic mass is 10.1. The van der Waals surface area contributed by atoms with Gasteiger partial charge in [0.15, 0.2) is 0 Å². The molecule has 0 aromatic rings. The number of hydrogen-bond donors (Lipinski definition) is 0. The van der Waals surface area contributed by atoms with Gasteiger partial charge >= 0.3 is 0 Å². The monoisotopic (exact) mass is 152 g/mol. The van der Waals surface area contributed by atoms with Crippen molar-refractivity contribution in [1.29, 1.82) is 0 Å². The van der Waals surface area contributed by atoms with E-state index in [1.165, 1.54) is 0 Å². The van der Waals surface area contributed by atoms with Crippen LogP contribution < -0.4 is 0 Å². The minimum absolute atomic E-state index is 0.254. The van der Waals surface area contributed by atoms with Crippen molar-refractivity contribution in [3.8, 4) is 0 Å². The molecule has 1 heterocycles. The average molecular weight is 152 g/mol. The van der Waals surface area contributed by atoms with E-state index in [0.717, 1.165) is 12.2 Å². The Morgan fingerprint density at radius 1 is 1.64 bits per heavy atom. The van der Waals surface area contributed by atoms with Gasteiger partial charge in [-0.1, -0.05) is 19.9 Å². The smallest absolute Gasteiger partial charge is 0.114 e. The van der Waals surface area contributed by atoms with Gasteiger partial charge in [0.25, 0.3) is 0 Å². The molecule has 0 saturated carbocycles. The van der Waals surface area contributed by atoms with Crippen LogP contribution in [0.4, 0.5) is 0 Å². The molecule has 0 radical (unpaired) electrons. The highest BCUT2D eigenvalue weighted by Gasteiger charge is 2.11. The zero-order valence-corrected chi connectivity index (χ0v) is 7.50. The Hall–Kier alpha value is -0.720. The molecule has 0 aliphatic carbocycles. The van der Waals surface area contributed by atoms with Gasteiger partial charge in [-0.05, 0) is 25.5 Å². The molecule has 0 amide bonds. The number of hydrogen-bond acceptors (Lipinski definition) is 1. The molecule has 0 fully saturated rings. The SMILES string of the molecule is CC[C@H](C)C1=CC=CC(C)O1. The minimum atomic E-state index is 0.254. The molecule has 0 aromatic carbocycles. The van der Waals surface area contributed by atoms with E-state index in [1.807, 2.05) is 0 Å². The molecule has 1 heteroatoms. The van der Waals surface area contributed by atoms with E-state index in [4.69, 9.17) is 4.74 Å². The number of ether oxygens (including phenoxy) is 1. The second-order valence-electron chi connectivity index (χ2n) is 3.09. The number of allylic oxidation sites excluding steroid dienone is 3. The Morgan fingerprint density at radius 2 is 2.36 bits per heavy atom. The van der Waals surface area contributed by atoms with Crippen LogP contribution in [0, 0.1) is 5.92 Å². The van der Waals surface area contributed by atoms with Gasteiger partial charge in [-0.3, -0.25) is 0 Å². The van der Waals surface area contributed by atoms with Crippen LogP contribution in [0.1, 0.15) is 27.2 Å². The molecule has 0 bridgehead atoms. The lowest BCUT2D eigenvalue weighted by Gasteiger charge is -2.21. The third kappa shape index (κ3) is 2.11. The Balaban J connectivity index is 2.58. The van der Waals surface area contributed by atoms with Crippen LogP contribution in [0.5, 0.6) is 0 Å². The summed E-state index contributed by atoms with van der Waals surface area (Å²) in [4.78, 5) is 0. The van der Waals surface area contributed by atoms with E-state index in [9.17, 15) is 0 Å². The fraction of sp³-hybridized carbons (Fsp3) is 0.600. The maximum Gasteiger partial charge on any atom is 0.114 e. The summed E-state index contributed by atoms with van der Waals surface area (Å²) in [7, 11) is 0. The summed E-state index contributed by atoms with van der Waals surface area (Å²) in [6.07, 6.45) is 7.60. The van der Waals surface area contributed by atoms with Crippen LogP contribution in [-0.4, -0.2) is 6.10 Å². The van der Waals surface area contributed by atoms with Crippen molar-refractivity contribution >= 4 is 0 Å². The predicted octanol–water partition coefficient (Wildman–Crippen LogP) is 2.89. The van der Waals surface area contributed by atoms with Crippen LogP contribution >= 0.6 is 0 Å². The highest BCUT2D eigenvalue weighted by Crippen LogP contribution is 2.20. The van der Waals surface area contributed by atoms with Gasteiger partial charge in [0.2, 0.25) is 0 Å². The third-order valence-electron chi connectivity index (χ3n) is 2.06. The van der Waals surface area contributed by atoms with Gasteiger partial charge in [-0.2, -0.15) is 0 Å². The Kier molecular flexibility index (Phi) is 2.75. The first-order chi connectivity index (χ1) is 5.24. The predicted molar refractivity (Wildman–Crippen MR) is 47.2 cm³/mol. The van der Waals surface area contributed by atoms with E-state index >= 15 is 0 Å². The van der Waals surface area contributed by atoms with Crippen molar-refractivity contribution in [2.45, 2.75) is 33.3 Å². The van der Waals surface area contributed by atoms with Gasteiger partial charge in [0.1, 0.15) is 6.10 Å². The van der Waals surface area contributed by atoms with Gasteiger partial charge in [0, 0.05) is 5.92 Å². The summed E-state index contributed by atoms with van der Waals surface area (Å²) in [6.45, 7) is 6.43. The van der Waals surface area contributed by atoms with Gasteiger partial charge in [-0.25, -0.2) is 0 Å². The molecule has 1 rings (SSSR count). The van der Waals surface area contributed by atoms with Crippen LogP contribution in [0.3, 0.4) is 0 Å². The van der Waals surface area contributed by atoms with E-state index in [0.29, 0.717) is 5.92 Å². The lowest BCUT2D eigenvalue weighted by molar-refractivity contribution is 0.138. The van der Waals surface area contributed by atoms with Gasteiger partial charge < -0.3 is 4.74 Å². The third-order valence-corrected chi connectivity index (χ3v) is 2.06. The zero-order valence-electron chi connectivity index (χ0n) is 7.50.